The number of hydrogen-bond acceptors (Lipinski definition) is 2. The van der Waals surface area contributed by atoms with Crippen molar-refractivity contribution in [3.8, 4) is 5.69 Å². The van der Waals surface area contributed by atoms with E-state index in [-0.39, 0.29) is 11.7 Å². The molecule has 1 aromatic carbocycles. The zero-order valence-corrected chi connectivity index (χ0v) is 15.4. The molecule has 5 heteroatoms. The van der Waals surface area contributed by atoms with Gasteiger partial charge in [-0.05, 0) is 57.0 Å². The third kappa shape index (κ3) is 4.56. The van der Waals surface area contributed by atoms with Crippen LogP contribution in [0.3, 0.4) is 0 Å². The lowest BCUT2D eigenvalue weighted by Gasteiger charge is -2.10. The Bertz CT molecular complexity index is 752. The van der Waals surface area contributed by atoms with Crippen molar-refractivity contribution in [3.05, 3.63) is 53.1 Å². The Morgan fingerprint density at radius 2 is 1.72 bits per heavy atom. The molecule has 0 aliphatic carbocycles. The largest absolute Gasteiger partial charge is 0.318 e. The second-order valence-electron chi connectivity index (χ2n) is 6.22. The van der Waals surface area contributed by atoms with E-state index in [9.17, 15) is 9.18 Å². The lowest BCUT2D eigenvalue weighted by molar-refractivity contribution is 0.0954. The second kappa shape index (κ2) is 8.60. The SMILES string of the molecule is CCCC(CCC)=NNC(=O)c1cc(C)n(-c2ccc(F)cc2)c1C. The topological polar surface area (TPSA) is 46.4 Å². The van der Waals surface area contributed by atoms with Gasteiger partial charge in [0, 0.05) is 22.8 Å². The highest BCUT2D eigenvalue weighted by molar-refractivity contribution is 5.97. The summed E-state index contributed by atoms with van der Waals surface area (Å²) >= 11 is 0. The van der Waals surface area contributed by atoms with Crippen LogP contribution in [0.2, 0.25) is 0 Å². The summed E-state index contributed by atoms with van der Waals surface area (Å²) in [5.74, 6) is -0.496. The summed E-state index contributed by atoms with van der Waals surface area (Å²) in [4.78, 5) is 12.5. The Morgan fingerprint density at radius 3 is 2.28 bits per heavy atom. The maximum absolute atomic E-state index is 13.2. The number of hydrogen-bond donors (Lipinski definition) is 1. The van der Waals surface area contributed by atoms with Gasteiger partial charge in [0.05, 0.1) is 5.56 Å². The number of carbonyl (C=O) groups excluding carboxylic acids is 1. The van der Waals surface area contributed by atoms with E-state index in [1.54, 1.807) is 12.1 Å². The third-order valence-electron chi connectivity index (χ3n) is 4.15. The Balaban J connectivity index is 2.25. The van der Waals surface area contributed by atoms with E-state index in [1.165, 1.54) is 12.1 Å². The van der Waals surface area contributed by atoms with Crippen molar-refractivity contribution >= 4 is 11.6 Å². The standard InChI is InChI=1S/C20H26FN3O/c1-5-7-17(8-6-2)22-23-20(25)19-13-14(3)24(15(19)4)18-11-9-16(21)10-12-18/h9-13H,5-8H2,1-4H3,(H,23,25). The minimum Gasteiger partial charge on any atom is -0.318 e. The number of carbonyl (C=O) groups is 1. The summed E-state index contributed by atoms with van der Waals surface area (Å²) in [7, 11) is 0. The number of aromatic nitrogens is 1. The van der Waals surface area contributed by atoms with Gasteiger partial charge in [-0.25, -0.2) is 9.82 Å². The number of nitrogens with zero attached hydrogens (tertiary/aromatic N) is 2. The van der Waals surface area contributed by atoms with Crippen LogP contribution in [-0.2, 0) is 0 Å². The monoisotopic (exact) mass is 343 g/mol. The molecule has 0 bridgehead atoms. The number of rotatable bonds is 7. The first kappa shape index (κ1) is 18.9. The van der Waals surface area contributed by atoms with Gasteiger partial charge in [-0.15, -0.1) is 0 Å². The zero-order valence-electron chi connectivity index (χ0n) is 15.4. The van der Waals surface area contributed by atoms with Gasteiger partial charge in [0.15, 0.2) is 0 Å². The fourth-order valence-electron chi connectivity index (χ4n) is 2.98. The molecule has 0 aliphatic rings. The molecule has 1 N–H and O–H groups in total. The smallest absolute Gasteiger partial charge is 0.273 e. The molecule has 134 valence electrons. The Kier molecular flexibility index (Phi) is 6.51. The van der Waals surface area contributed by atoms with Crippen LogP contribution in [0.25, 0.3) is 5.69 Å². The maximum Gasteiger partial charge on any atom is 0.273 e. The molecule has 0 atom stereocenters. The quantitative estimate of drug-likeness (QED) is 0.563. The van der Waals surface area contributed by atoms with Crippen molar-refractivity contribution < 1.29 is 9.18 Å². The van der Waals surface area contributed by atoms with Gasteiger partial charge in [-0.2, -0.15) is 5.10 Å². The summed E-state index contributed by atoms with van der Waals surface area (Å²) in [5, 5.41) is 4.30. The molecule has 2 rings (SSSR count). The Morgan fingerprint density at radius 1 is 1.12 bits per heavy atom. The molecule has 0 radical (unpaired) electrons. The number of benzene rings is 1. The minimum atomic E-state index is -0.280. The van der Waals surface area contributed by atoms with Crippen LogP contribution in [0.4, 0.5) is 4.39 Å². The highest BCUT2D eigenvalue weighted by Crippen LogP contribution is 2.21. The van der Waals surface area contributed by atoms with E-state index in [4.69, 9.17) is 0 Å². The molecule has 0 aliphatic heterocycles. The molecule has 0 spiro atoms. The van der Waals surface area contributed by atoms with E-state index >= 15 is 0 Å². The van der Waals surface area contributed by atoms with Gasteiger partial charge in [0.1, 0.15) is 5.82 Å². The molecule has 0 fully saturated rings. The van der Waals surface area contributed by atoms with Gasteiger partial charge < -0.3 is 4.57 Å². The van der Waals surface area contributed by atoms with Crippen molar-refractivity contribution in [1.82, 2.24) is 9.99 Å². The van der Waals surface area contributed by atoms with Crippen LogP contribution < -0.4 is 5.43 Å². The van der Waals surface area contributed by atoms with Crippen LogP contribution in [0.1, 0.15) is 61.3 Å². The molecule has 0 saturated heterocycles. The van der Waals surface area contributed by atoms with Crippen LogP contribution >= 0.6 is 0 Å². The number of amides is 1. The summed E-state index contributed by atoms with van der Waals surface area (Å²) in [5.41, 5.74) is 6.84. The van der Waals surface area contributed by atoms with Crippen molar-refractivity contribution in [1.29, 1.82) is 0 Å². The predicted octanol–water partition coefficient (Wildman–Crippen LogP) is 4.92. The van der Waals surface area contributed by atoms with Crippen molar-refractivity contribution in [2.75, 3.05) is 0 Å². The van der Waals surface area contributed by atoms with Crippen LogP contribution in [-0.4, -0.2) is 16.2 Å². The van der Waals surface area contributed by atoms with Gasteiger partial charge in [0.25, 0.3) is 5.91 Å². The van der Waals surface area contributed by atoms with Gasteiger partial charge in [-0.1, -0.05) is 26.7 Å². The molecular weight excluding hydrogens is 317 g/mol. The Labute approximate surface area is 148 Å². The van der Waals surface area contributed by atoms with E-state index in [0.717, 1.165) is 48.5 Å². The molecular formula is C20H26FN3O. The molecule has 4 nitrogen and oxygen atoms in total. The first-order valence-corrected chi connectivity index (χ1v) is 8.78. The summed E-state index contributed by atoms with van der Waals surface area (Å²) in [6.45, 7) is 8.01. The first-order chi connectivity index (χ1) is 12.0. The van der Waals surface area contributed by atoms with Crippen molar-refractivity contribution in [2.24, 2.45) is 5.10 Å². The fraction of sp³-hybridized carbons (Fsp3) is 0.400. The third-order valence-corrected chi connectivity index (χ3v) is 4.15. The number of halogens is 1. The molecule has 0 saturated carbocycles. The molecule has 1 amide bonds. The molecule has 25 heavy (non-hydrogen) atoms. The molecule has 2 aromatic rings. The number of nitrogens with one attached hydrogen (secondary N) is 1. The number of aryl methyl sites for hydroxylation is 1. The highest BCUT2D eigenvalue weighted by atomic mass is 19.1. The van der Waals surface area contributed by atoms with Crippen LogP contribution in [0.5, 0.6) is 0 Å². The van der Waals surface area contributed by atoms with E-state index in [2.05, 4.69) is 24.4 Å². The summed E-state index contributed by atoms with van der Waals surface area (Å²) < 4.78 is 15.1. The molecule has 1 heterocycles. The van der Waals surface area contributed by atoms with E-state index in [1.807, 2.05) is 24.5 Å². The van der Waals surface area contributed by atoms with E-state index in [0.29, 0.717) is 5.56 Å². The molecule has 1 aromatic heterocycles. The zero-order chi connectivity index (χ0) is 18.4. The lowest BCUT2D eigenvalue weighted by atomic mass is 10.1. The van der Waals surface area contributed by atoms with Gasteiger partial charge >= 0.3 is 0 Å². The lowest BCUT2D eigenvalue weighted by Crippen LogP contribution is -2.20. The van der Waals surface area contributed by atoms with Gasteiger partial charge in [0.2, 0.25) is 0 Å². The van der Waals surface area contributed by atoms with Crippen molar-refractivity contribution in [3.63, 3.8) is 0 Å². The molecule has 0 unspecified atom stereocenters. The normalized spacial score (nSPS) is 10.6. The fourth-order valence-corrected chi connectivity index (χ4v) is 2.98. The maximum atomic E-state index is 13.2. The van der Waals surface area contributed by atoms with Crippen molar-refractivity contribution in [2.45, 2.75) is 53.4 Å². The van der Waals surface area contributed by atoms with E-state index < -0.39 is 0 Å². The number of hydrazone groups is 1. The Hall–Kier alpha value is -2.43. The predicted molar refractivity (Wildman–Crippen MR) is 99.9 cm³/mol. The van der Waals surface area contributed by atoms with Gasteiger partial charge in [-0.3, -0.25) is 4.79 Å². The highest BCUT2D eigenvalue weighted by Gasteiger charge is 2.16. The minimum absolute atomic E-state index is 0.217. The average Bonchev–Trinajstić information content (AvgIpc) is 2.88. The summed E-state index contributed by atoms with van der Waals surface area (Å²) in [6.07, 6.45) is 3.80. The summed E-state index contributed by atoms with van der Waals surface area (Å²) in [6, 6.07) is 8.08. The van der Waals surface area contributed by atoms with Crippen LogP contribution in [0.15, 0.2) is 35.4 Å². The second-order valence-corrected chi connectivity index (χ2v) is 6.22. The van der Waals surface area contributed by atoms with Crippen LogP contribution in [0, 0.1) is 19.7 Å². The first-order valence-electron chi connectivity index (χ1n) is 8.78. The average molecular weight is 343 g/mol.